The molecular weight excluding hydrogens is 304 g/mol. The van der Waals surface area contributed by atoms with Gasteiger partial charge in [0.25, 0.3) is 0 Å². The van der Waals surface area contributed by atoms with Gasteiger partial charge in [-0.3, -0.25) is 0 Å². The summed E-state index contributed by atoms with van der Waals surface area (Å²) in [5, 5.41) is 9.65. The van der Waals surface area contributed by atoms with Crippen LogP contribution in [0.4, 0.5) is 0 Å². The molecule has 0 bridgehead atoms. The van der Waals surface area contributed by atoms with Crippen molar-refractivity contribution in [3.8, 4) is 0 Å². The van der Waals surface area contributed by atoms with Crippen molar-refractivity contribution in [1.82, 2.24) is 0 Å². The topological polar surface area (TPSA) is 20.2 Å². The molecule has 3 rings (SSSR count). The summed E-state index contributed by atoms with van der Waals surface area (Å²) in [6.45, 7) is 2.87. The van der Waals surface area contributed by atoms with Gasteiger partial charge in [0.15, 0.2) is 0 Å². The first-order valence-corrected chi connectivity index (χ1v) is 10.9. The Morgan fingerprint density at radius 3 is 1.91 bits per heavy atom. The van der Waals surface area contributed by atoms with E-state index in [1.54, 1.807) is 0 Å². The molecule has 3 aliphatic rings. The molecule has 0 aliphatic heterocycles. The minimum absolute atomic E-state index is 0.387. The van der Waals surface area contributed by atoms with E-state index in [1.165, 1.54) is 70.6 Å². The van der Waals surface area contributed by atoms with Crippen LogP contribution in [-0.4, -0.2) is 17.1 Å². The van der Waals surface area contributed by atoms with Gasteiger partial charge in [-0.1, -0.05) is 13.3 Å². The lowest BCUT2D eigenvalue weighted by Crippen LogP contribution is -2.33. The molecular formula is C21H37ClO. The summed E-state index contributed by atoms with van der Waals surface area (Å²) in [6.07, 6.45) is 16.5. The van der Waals surface area contributed by atoms with Crippen LogP contribution in [0.15, 0.2) is 0 Å². The second-order valence-corrected chi connectivity index (χ2v) is 9.64. The van der Waals surface area contributed by atoms with E-state index in [0.717, 1.165) is 41.9 Å². The highest BCUT2D eigenvalue weighted by Crippen LogP contribution is 2.47. The van der Waals surface area contributed by atoms with Gasteiger partial charge in [-0.2, -0.15) is 0 Å². The summed E-state index contributed by atoms with van der Waals surface area (Å²) in [5.41, 5.74) is 0. The highest BCUT2D eigenvalue weighted by atomic mass is 35.5. The number of aliphatic hydroxyl groups is 1. The van der Waals surface area contributed by atoms with Crippen LogP contribution >= 0.6 is 11.6 Å². The molecule has 0 aromatic heterocycles. The molecule has 0 heterocycles. The Labute approximate surface area is 148 Å². The first-order valence-electron chi connectivity index (χ1n) is 10.4. The molecule has 3 fully saturated rings. The van der Waals surface area contributed by atoms with Gasteiger partial charge in [0.2, 0.25) is 0 Å². The number of rotatable bonds is 4. The van der Waals surface area contributed by atoms with Crippen LogP contribution in [0.2, 0.25) is 0 Å². The van der Waals surface area contributed by atoms with E-state index in [9.17, 15) is 5.11 Å². The monoisotopic (exact) mass is 340 g/mol. The lowest BCUT2D eigenvalue weighted by atomic mass is 9.63. The first kappa shape index (κ1) is 18.1. The number of hydrogen-bond acceptors (Lipinski definition) is 1. The SMILES string of the molecule is CC1CC(CCO)CCC1C1CCC(C2CCC(Cl)CC2)CC1. The van der Waals surface area contributed by atoms with Crippen LogP contribution in [0.25, 0.3) is 0 Å². The lowest BCUT2D eigenvalue weighted by molar-refractivity contribution is 0.0731. The summed E-state index contributed by atoms with van der Waals surface area (Å²) < 4.78 is 0. The summed E-state index contributed by atoms with van der Waals surface area (Å²) in [7, 11) is 0. The Morgan fingerprint density at radius 2 is 1.35 bits per heavy atom. The summed E-state index contributed by atoms with van der Waals surface area (Å²) in [4.78, 5) is 0. The Kier molecular flexibility index (Phi) is 6.72. The maximum atomic E-state index is 9.18. The van der Waals surface area contributed by atoms with Crippen LogP contribution in [0.5, 0.6) is 0 Å². The van der Waals surface area contributed by atoms with Gasteiger partial charge in [-0.05, 0) is 106 Å². The van der Waals surface area contributed by atoms with E-state index in [1.807, 2.05) is 0 Å². The lowest BCUT2D eigenvalue weighted by Gasteiger charge is -2.43. The van der Waals surface area contributed by atoms with Crippen molar-refractivity contribution in [3.63, 3.8) is 0 Å². The third-order valence-electron chi connectivity index (χ3n) is 7.67. The minimum atomic E-state index is 0.387. The molecule has 0 aromatic rings. The van der Waals surface area contributed by atoms with Gasteiger partial charge >= 0.3 is 0 Å². The van der Waals surface area contributed by atoms with Gasteiger partial charge in [0.05, 0.1) is 0 Å². The molecule has 134 valence electrons. The molecule has 0 spiro atoms. The van der Waals surface area contributed by atoms with Gasteiger partial charge in [-0.15, -0.1) is 11.6 Å². The van der Waals surface area contributed by atoms with E-state index in [-0.39, 0.29) is 0 Å². The predicted molar refractivity (Wildman–Crippen MR) is 98.7 cm³/mol. The van der Waals surface area contributed by atoms with E-state index >= 15 is 0 Å². The van der Waals surface area contributed by atoms with Crippen molar-refractivity contribution in [2.45, 2.75) is 89.4 Å². The second-order valence-electron chi connectivity index (χ2n) is 9.02. The fourth-order valence-electron chi connectivity index (χ4n) is 6.27. The van der Waals surface area contributed by atoms with Crippen LogP contribution in [0.1, 0.15) is 84.0 Å². The van der Waals surface area contributed by atoms with Crippen LogP contribution < -0.4 is 0 Å². The first-order chi connectivity index (χ1) is 11.2. The zero-order chi connectivity index (χ0) is 16.2. The number of halogens is 1. The van der Waals surface area contributed by atoms with Crippen molar-refractivity contribution < 1.29 is 5.11 Å². The molecule has 2 heteroatoms. The van der Waals surface area contributed by atoms with Crippen molar-refractivity contribution in [3.05, 3.63) is 0 Å². The third kappa shape index (κ3) is 4.66. The van der Waals surface area contributed by atoms with Gasteiger partial charge in [-0.25, -0.2) is 0 Å². The fourth-order valence-corrected chi connectivity index (χ4v) is 6.52. The van der Waals surface area contributed by atoms with Crippen molar-refractivity contribution in [1.29, 1.82) is 0 Å². The Morgan fingerprint density at radius 1 is 0.783 bits per heavy atom. The van der Waals surface area contributed by atoms with Gasteiger partial charge in [0, 0.05) is 12.0 Å². The average molecular weight is 341 g/mol. The van der Waals surface area contributed by atoms with E-state index in [4.69, 9.17) is 11.6 Å². The molecule has 3 unspecified atom stereocenters. The highest BCUT2D eigenvalue weighted by molar-refractivity contribution is 6.20. The standard InChI is InChI=1S/C21H37ClO/c1-15-14-16(12-13-23)2-11-21(15)19-5-3-17(4-6-19)18-7-9-20(22)10-8-18/h15-21,23H,2-14H2,1H3. The normalized spacial score (nSPS) is 45.8. The zero-order valence-electron chi connectivity index (χ0n) is 15.1. The Hall–Kier alpha value is 0.250. The van der Waals surface area contributed by atoms with E-state index in [0.29, 0.717) is 12.0 Å². The van der Waals surface area contributed by atoms with Gasteiger partial charge < -0.3 is 5.11 Å². The molecule has 3 aliphatic carbocycles. The highest BCUT2D eigenvalue weighted by Gasteiger charge is 2.36. The Bertz CT molecular complexity index is 342. The maximum absolute atomic E-state index is 9.18. The molecule has 1 nitrogen and oxygen atoms in total. The maximum Gasteiger partial charge on any atom is 0.0433 e. The number of alkyl halides is 1. The van der Waals surface area contributed by atoms with E-state index in [2.05, 4.69) is 6.92 Å². The molecule has 0 radical (unpaired) electrons. The third-order valence-corrected chi connectivity index (χ3v) is 8.11. The average Bonchev–Trinajstić information content (AvgIpc) is 2.56. The van der Waals surface area contributed by atoms with Crippen molar-refractivity contribution in [2.75, 3.05) is 6.61 Å². The molecule has 0 aromatic carbocycles. The molecule has 1 N–H and O–H groups in total. The largest absolute Gasteiger partial charge is 0.396 e. The van der Waals surface area contributed by atoms with Crippen LogP contribution in [0.3, 0.4) is 0 Å². The minimum Gasteiger partial charge on any atom is -0.396 e. The summed E-state index contributed by atoms with van der Waals surface area (Å²) >= 11 is 6.28. The molecule has 3 atom stereocenters. The zero-order valence-corrected chi connectivity index (χ0v) is 15.8. The molecule has 0 saturated heterocycles. The number of hydrogen-bond donors (Lipinski definition) is 1. The fraction of sp³-hybridized carbons (Fsp3) is 1.00. The molecule has 0 amide bonds. The van der Waals surface area contributed by atoms with Crippen LogP contribution in [0, 0.1) is 35.5 Å². The molecule has 3 saturated carbocycles. The van der Waals surface area contributed by atoms with Crippen molar-refractivity contribution in [2.24, 2.45) is 35.5 Å². The quantitative estimate of drug-likeness (QED) is 0.620. The van der Waals surface area contributed by atoms with Crippen LogP contribution in [-0.2, 0) is 0 Å². The second kappa shape index (κ2) is 8.56. The number of aliphatic hydroxyl groups excluding tert-OH is 1. The smallest absolute Gasteiger partial charge is 0.0433 e. The summed E-state index contributed by atoms with van der Waals surface area (Å²) in [6, 6.07) is 0. The summed E-state index contributed by atoms with van der Waals surface area (Å²) in [5.74, 6) is 5.66. The Balaban J connectivity index is 1.44. The predicted octanol–water partition coefficient (Wildman–Crippen LogP) is 6.03. The van der Waals surface area contributed by atoms with E-state index < -0.39 is 0 Å². The molecule has 23 heavy (non-hydrogen) atoms. The van der Waals surface area contributed by atoms with Gasteiger partial charge in [0.1, 0.15) is 0 Å². The van der Waals surface area contributed by atoms with Crippen molar-refractivity contribution >= 4 is 11.6 Å².